The summed E-state index contributed by atoms with van der Waals surface area (Å²) >= 11 is 0. The third kappa shape index (κ3) is 5.59. The number of halogens is 1. The maximum atomic E-state index is 12.3. The molecule has 1 aliphatic carbocycles. The summed E-state index contributed by atoms with van der Waals surface area (Å²) in [5.41, 5.74) is 2.87. The topological polar surface area (TPSA) is 56.7 Å². The van der Waals surface area contributed by atoms with Gasteiger partial charge in [0, 0.05) is 26.2 Å². The molecule has 1 aliphatic heterocycles. The Morgan fingerprint density at radius 2 is 1.92 bits per heavy atom. The van der Waals surface area contributed by atoms with Crippen molar-refractivity contribution in [1.82, 2.24) is 15.5 Å². The van der Waals surface area contributed by atoms with Crippen molar-refractivity contribution in [3.8, 4) is 0 Å². The monoisotopic (exact) mass is 456 g/mol. The number of nitrogens with zero attached hydrogens (tertiary/aromatic N) is 2. The van der Waals surface area contributed by atoms with Crippen LogP contribution in [0.5, 0.6) is 0 Å². The number of rotatable bonds is 3. The Labute approximate surface area is 167 Å². The molecule has 0 radical (unpaired) electrons. The maximum Gasteiger partial charge on any atom is 0.241 e. The third-order valence-corrected chi connectivity index (χ3v) is 5.03. The smallest absolute Gasteiger partial charge is 0.241 e. The van der Waals surface area contributed by atoms with Crippen LogP contribution >= 0.6 is 24.0 Å². The number of likely N-dealkylation sites (tertiary alicyclic amines) is 1. The first-order chi connectivity index (χ1) is 11.8. The van der Waals surface area contributed by atoms with Crippen LogP contribution in [0.4, 0.5) is 0 Å². The lowest BCUT2D eigenvalue weighted by molar-refractivity contribution is -0.130. The Morgan fingerprint density at radius 3 is 2.64 bits per heavy atom. The summed E-state index contributed by atoms with van der Waals surface area (Å²) in [5, 5.41) is 6.66. The van der Waals surface area contributed by atoms with E-state index >= 15 is 0 Å². The minimum atomic E-state index is 0. The molecule has 0 spiro atoms. The van der Waals surface area contributed by atoms with E-state index in [4.69, 9.17) is 0 Å². The number of amides is 1. The summed E-state index contributed by atoms with van der Waals surface area (Å²) in [5.74, 6) is 0.899. The lowest BCUT2D eigenvalue weighted by atomic mass is 9.88. The van der Waals surface area contributed by atoms with Crippen molar-refractivity contribution in [1.29, 1.82) is 0 Å². The Balaban J connectivity index is 0.00000225. The van der Waals surface area contributed by atoms with Gasteiger partial charge in [-0.25, -0.2) is 0 Å². The molecule has 6 heteroatoms. The Kier molecular flexibility index (Phi) is 7.99. The molecule has 1 amide bonds. The van der Waals surface area contributed by atoms with Crippen molar-refractivity contribution >= 4 is 35.8 Å². The zero-order chi connectivity index (χ0) is 16.8. The van der Waals surface area contributed by atoms with Gasteiger partial charge < -0.3 is 15.5 Å². The average molecular weight is 456 g/mol. The molecule has 2 aliphatic rings. The number of nitrogens with one attached hydrogen (secondary N) is 2. The molecule has 2 N–H and O–H groups in total. The first-order valence-electron chi connectivity index (χ1n) is 9.08. The van der Waals surface area contributed by atoms with E-state index in [0.29, 0.717) is 12.6 Å². The molecule has 0 saturated carbocycles. The number of carbonyl (C=O) groups excluding carboxylic acids is 1. The van der Waals surface area contributed by atoms with Crippen molar-refractivity contribution in [3.63, 3.8) is 0 Å². The van der Waals surface area contributed by atoms with E-state index < -0.39 is 0 Å². The van der Waals surface area contributed by atoms with Gasteiger partial charge >= 0.3 is 0 Å². The van der Waals surface area contributed by atoms with E-state index in [1.165, 1.54) is 17.5 Å². The SMILES string of the molecule is CN=C(NCC(=O)N1CCCCC1)NC1CCc2ccccc2C1.I. The second-order valence-electron chi connectivity index (χ2n) is 6.72. The van der Waals surface area contributed by atoms with Gasteiger partial charge in [-0.3, -0.25) is 9.79 Å². The van der Waals surface area contributed by atoms with Crippen LogP contribution in [0.15, 0.2) is 29.3 Å². The fraction of sp³-hybridized carbons (Fsp3) is 0.579. The number of aliphatic imine (C=N–C) groups is 1. The van der Waals surface area contributed by atoms with Crippen LogP contribution in [-0.4, -0.2) is 49.5 Å². The molecule has 1 unspecified atom stereocenters. The Hall–Kier alpha value is -1.31. The van der Waals surface area contributed by atoms with Gasteiger partial charge in [0.1, 0.15) is 0 Å². The highest BCUT2D eigenvalue weighted by Gasteiger charge is 2.20. The maximum absolute atomic E-state index is 12.3. The fourth-order valence-electron chi connectivity index (χ4n) is 3.62. The van der Waals surface area contributed by atoms with Crippen molar-refractivity contribution in [2.75, 3.05) is 26.7 Å². The largest absolute Gasteiger partial charge is 0.353 e. The van der Waals surface area contributed by atoms with Crippen LogP contribution in [0.1, 0.15) is 36.8 Å². The van der Waals surface area contributed by atoms with Crippen molar-refractivity contribution < 1.29 is 4.79 Å². The number of fused-ring (bicyclic) bond motifs is 1. The molecule has 1 aromatic rings. The van der Waals surface area contributed by atoms with Crippen LogP contribution in [0.2, 0.25) is 0 Å². The lowest BCUT2D eigenvalue weighted by Gasteiger charge is -2.29. The highest BCUT2D eigenvalue weighted by molar-refractivity contribution is 14.0. The predicted octanol–water partition coefficient (Wildman–Crippen LogP) is 2.34. The van der Waals surface area contributed by atoms with Gasteiger partial charge in [-0.15, -0.1) is 24.0 Å². The fourth-order valence-corrected chi connectivity index (χ4v) is 3.62. The second kappa shape index (κ2) is 9.99. The average Bonchev–Trinajstić information content (AvgIpc) is 2.65. The standard InChI is InChI=1S/C19H28N4O.HI/c1-20-19(21-14-18(24)23-11-5-2-6-12-23)22-17-10-9-15-7-3-4-8-16(15)13-17;/h3-4,7-8,17H,2,5-6,9-14H2,1H3,(H2,20,21,22);1H. The Morgan fingerprint density at radius 1 is 1.20 bits per heavy atom. The molecular formula is C19H29IN4O. The molecule has 1 saturated heterocycles. The number of benzene rings is 1. The van der Waals surface area contributed by atoms with Gasteiger partial charge in [0.05, 0.1) is 6.54 Å². The highest BCUT2D eigenvalue weighted by Crippen LogP contribution is 2.20. The third-order valence-electron chi connectivity index (χ3n) is 5.03. The molecule has 1 fully saturated rings. The first kappa shape index (κ1) is 20.0. The van der Waals surface area contributed by atoms with Crippen LogP contribution in [-0.2, 0) is 17.6 Å². The zero-order valence-electron chi connectivity index (χ0n) is 15.0. The summed E-state index contributed by atoms with van der Waals surface area (Å²) in [4.78, 5) is 18.5. The van der Waals surface area contributed by atoms with E-state index in [2.05, 4.69) is 39.9 Å². The van der Waals surface area contributed by atoms with Gasteiger partial charge in [0.25, 0.3) is 0 Å². The number of guanidine groups is 1. The molecule has 138 valence electrons. The van der Waals surface area contributed by atoms with Crippen molar-refractivity contribution in [2.45, 2.75) is 44.6 Å². The van der Waals surface area contributed by atoms with E-state index in [-0.39, 0.29) is 29.9 Å². The van der Waals surface area contributed by atoms with E-state index in [0.717, 1.165) is 51.2 Å². The van der Waals surface area contributed by atoms with Crippen LogP contribution in [0.25, 0.3) is 0 Å². The highest BCUT2D eigenvalue weighted by atomic mass is 127. The summed E-state index contributed by atoms with van der Waals surface area (Å²) in [6.07, 6.45) is 6.69. The number of aryl methyl sites for hydroxylation is 1. The summed E-state index contributed by atoms with van der Waals surface area (Å²) in [7, 11) is 1.76. The minimum absolute atomic E-state index is 0. The van der Waals surface area contributed by atoms with Gasteiger partial charge in [-0.1, -0.05) is 24.3 Å². The van der Waals surface area contributed by atoms with E-state index in [9.17, 15) is 4.79 Å². The van der Waals surface area contributed by atoms with E-state index in [1.54, 1.807) is 7.05 Å². The summed E-state index contributed by atoms with van der Waals surface area (Å²) in [6.45, 7) is 2.11. The molecule has 3 rings (SSSR count). The predicted molar refractivity (Wildman–Crippen MR) is 113 cm³/mol. The first-order valence-corrected chi connectivity index (χ1v) is 9.08. The molecule has 0 aromatic heterocycles. The summed E-state index contributed by atoms with van der Waals surface area (Å²) < 4.78 is 0. The zero-order valence-corrected chi connectivity index (χ0v) is 17.3. The number of hydrogen-bond donors (Lipinski definition) is 2. The van der Waals surface area contributed by atoms with Gasteiger partial charge in [0.15, 0.2) is 5.96 Å². The molecule has 5 nitrogen and oxygen atoms in total. The molecule has 25 heavy (non-hydrogen) atoms. The van der Waals surface area contributed by atoms with Crippen LogP contribution in [0.3, 0.4) is 0 Å². The van der Waals surface area contributed by atoms with E-state index in [1.807, 2.05) is 4.90 Å². The van der Waals surface area contributed by atoms with Crippen molar-refractivity contribution in [2.24, 2.45) is 4.99 Å². The molecule has 0 bridgehead atoms. The quantitative estimate of drug-likeness (QED) is 0.417. The van der Waals surface area contributed by atoms with Gasteiger partial charge in [-0.05, 0) is 49.7 Å². The van der Waals surface area contributed by atoms with Crippen LogP contribution < -0.4 is 10.6 Å². The summed E-state index contributed by atoms with van der Waals surface area (Å²) in [6, 6.07) is 9.01. The van der Waals surface area contributed by atoms with Gasteiger partial charge in [0.2, 0.25) is 5.91 Å². The molecule has 1 atom stereocenters. The molecule has 1 heterocycles. The second-order valence-corrected chi connectivity index (χ2v) is 6.72. The molecule has 1 aromatic carbocycles. The Bertz CT molecular complexity index is 599. The molecular weight excluding hydrogens is 427 g/mol. The number of carbonyl (C=O) groups is 1. The van der Waals surface area contributed by atoms with Gasteiger partial charge in [-0.2, -0.15) is 0 Å². The lowest BCUT2D eigenvalue weighted by Crippen LogP contribution is -2.49. The minimum Gasteiger partial charge on any atom is -0.353 e. The number of hydrogen-bond acceptors (Lipinski definition) is 2. The van der Waals surface area contributed by atoms with Crippen molar-refractivity contribution in [3.05, 3.63) is 35.4 Å². The number of piperidine rings is 1. The van der Waals surface area contributed by atoms with Crippen LogP contribution in [0, 0.1) is 0 Å². The normalized spacial score (nSPS) is 20.3.